The van der Waals surface area contributed by atoms with E-state index in [4.69, 9.17) is 5.84 Å². The Balaban J connectivity index is 1.31. The minimum atomic E-state index is 0.0942. The zero-order valence-corrected chi connectivity index (χ0v) is 16.5. The number of carbonyl (C=O) groups is 1. The number of anilines is 1. The Labute approximate surface area is 164 Å². The lowest BCUT2D eigenvalue weighted by atomic mass is 9.86. The van der Waals surface area contributed by atoms with Gasteiger partial charge in [0.25, 0.3) is 0 Å². The maximum Gasteiger partial charge on any atom is 0.237 e. The second-order valence-electron chi connectivity index (χ2n) is 7.52. The van der Waals surface area contributed by atoms with Gasteiger partial charge in [0.2, 0.25) is 11.1 Å². The SMILES string of the molecule is Nn1c(CCC2CCCCC2)nnc1SCC(=O)N1CCc2ccccc21. The minimum absolute atomic E-state index is 0.0942. The topological polar surface area (TPSA) is 77.0 Å². The third-order valence-electron chi connectivity index (χ3n) is 5.75. The van der Waals surface area contributed by atoms with E-state index in [1.54, 1.807) is 4.68 Å². The quantitative estimate of drug-likeness (QED) is 0.610. The molecule has 1 saturated carbocycles. The van der Waals surface area contributed by atoms with Gasteiger partial charge in [-0.05, 0) is 30.4 Å². The van der Waals surface area contributed by atoms with E-state index in [1.165, 1.54) is 49.4 Å². The molecule has 1 aromatic carbocycles. The molecule has 0 saturated heterocycles. The summed E-state index contributed by atoms with van der Waals surface area (Å²) in [6.45, 7) is 0.751. The minimum Gasteiger partial charge on any atom is -0.336 e. The van der Waals surface area contributed by atoms with Crippen molar-refractivity contribution in [3.05, 3.63) is 35.7 Å². The number of carbonyl (C=O) groups excluding carboxylic acids is 1. The molecule has 1 amide bonds. The lowest BCUT2D eigenvalue weighted by Crippen LogP contribution is -2.30. The van der Waals surface area contributed by atoms with E-state index in [-0.39, 0.29) is 5.91 Å². The Morgan fingerprint density at radius 3 is 2.85 bits per heavy atom. The van der Waals surface area contributed by atoms with E-state index >= 15 is 0 Å². The number of benzene rings is 1. The average Bonchev–Trinajstić information content (AvgIpc) is 3.29. The molecule has 7 heteroatoms. The molecular formula is C20H27N5OS. The van der Waals surface area contributed by atoms with Gasteiger partial charge in [0.05, 0.1) is 5.75 Å². The van der Waals surface area contributed by atoms with E-state index in [2.05, 4.69) is 16.3 Å². The molecule has 1 fully saturated rings. The monoisotopic (exact) mass is 385 g/mol. The number of hydrogen-bond donors (Lipinski definition) is 1. The van der Waals surface area contributed by atoms with E-state index in [0.717, 1.165) is 43.2 Å². The Kier molecular flexibility index (Phi) is 5.66. The summed E-state index contributed by atoms with van der Waals surface area (Å²) in [4.78, 5) is 14.5. The van der Waals surface area contributed by atoms with Crippen LogP contribution in [0.25, 0.3) is 0 Å². The summed E-state index contributed by atoms with van der Waals surface area (Å²) in [5.41, 5.74) is 2.27. The number of aromatic nitrogens is 3. The van der Waals surface area contributed by atoms with Gasteiger partial charge < -0.3 is 10.7 Å². The third-order valence-corrected chi connectivity index (χ3v) is 6.68. The molecule has 1 aromatic heterocycles. The number of thioether (sulfide) groups is 1. The first kappa shape index (κ1) is 18.3. The molecule has 0 unspecified atom stereocenters. The number of amides is 1. The summed E-state index contributed by atoms with van der Waals surface area (Å²) in [6, 6.07) is 8.10. The lowest BCUT2D eigenvalue weighted by molar-refractivity contribution is -0.116. The standard InChI is InChI=1S/C20H27N5OS/c21-25-18(11-10-15-6-2-1-3-7-15)22-23-20(25)27-14-19(26)24-13-12-16-8-4-5-9-17(16)24/h4-5,8-9,15H,1-3,6-7,10-14,21H2. The number of fused-ring (bicyclic) bond motifs is 1. The predicted octanol–water partition coefficient (Wildman–Crippen LogP) is 3.19. The van der Waals surface area contributed by atoms with Crippen LogP contribution in [0.1, 0.15) is 49.9 Å². The number of aryl methyl sites for hydroxylation is 1. The summed E-state index contributed by atoms with van der Waals surface area (Å²) in [5.74, 6) is 8.22. The molecule has 2 aromatic rings. The summed E-state index contributed by atoms with van der Waals surface area (Å²) >= 11 is 1.37. The first-order chi connectivity index (χ1) is 13.2. The highest BCUT2D eigenvalue weighted by atomic mass is 32.2. The van der Waals surface area contributed by atoms with Gasteiger partial charge in [0.15, 0.2) is 5.82 Å². The van der Waals surface area contributed by atoms with Gasteiger partial charge in [-0.25, -0.2) is 4.68 Å². The van der Waals surface area contributed by atoms with E-state index in [0.29, 0.717) is 10.9 Å². The van der Waals surface area contributed by atoms with Gasteiger partial charge in [-0.2, -0.15) is 0 Å². The fraction of sp³-hybridized carbons (Fsp3) is 0.550. The number of hydrogen-bond acceptors (Lipinski definition) is 5. The largest absolute Gasteiger partial charge is 0.336 e. The molecule has 27 heavy (non-hydrogen) atoms. The fourth-order valence-corrected chi connectivity index (χ4v) is 4.94. The maximum absolute atomic E-state index is 12.6. The van der Waals surface area contributed by atoms with Crippen molar-refractivity contribution in [2.45, 2.75) is 56.5 Å². The maximum atomic E-state index is 12.6. The van der Waals surface area contributed by atoms with Crippen molar-refractivity contribution in [1.29, 1.82) is 0 Å². The van der Waals surface area contributed by atoms with Gasteiger partial charge in [-0.3, -0.25) is 4.79 Å². The van der Waals surface area contributed by atoms with Gasteiger partial charge >= 0.3 is 0 Å². The van der Waals surface area contributed by atoms with Crippen LogP contribution in [0, 0.1) is 5.92 Å². The molecule has 1 aliphatic carbocycles. The van der Waals surface area contributed by atoms with Crippen molar-refractivity contribution in [3.8, 4) is 0 Å². The molecular weight excluding hydrogens is 358 g/mol. The molecule has 0 bridgehead atoms. The third kappa shape index (κ3) is 4.13. The average molecular weight is 386 g/mol. The van der Waals surface area contributed by atoms with Crippen molar-refractivity contribution in [3.63, 3.8) is 0 Å². The molecule has 0 atom stereocenters. The summed E-state index contributed by atoms with van der Waals surface area (Å²) in [7, 11) is 0. The summed E-state index contributed by atoms with van der Waals surface area (Å²) in [6.07, 6.45) is 9.64. The Bertz CT molecular complexity index is 799. The first-order valence-electron chi connectivity index (χ1n) is 9.93. The Hall–Kier alpha value is -2.02. The van der Waals surface area contributed by atoms with Gasteiger partial charge in [-0.1, -0.05) is 62.1 Å². The molecule has 2 heterocycles. The zero-order chi connectivity index (χ0) is 18.6. The summed E-state index contributed by atoms with van der Waals surface area (Å²) < 4.78 is 1.57. The molecule has 144 valence electrons. The lowest BCUT2D eigenvalue weighted by Gasteiger charge is -2.20. The number of para-hydroxylation sites is 1. The molecule has 2 aliphatic rings. The highest BCUT2D eigenvalue weighted by molar-refractivity contribution is 7.99. The van der Waals surface area contributed by atoms with Crippen LogP contribution in [0.4, 0.5) is 5.69 Å². The van der Waals surface area contributed by atoms with Crippen molar-refractivity contribution < 1.29 is 4.79 Å². The number of rotatable bonds is 6. The van der Waals surface area contributed by atoms with Gasteiger partial charge in [0.1, 0.15) is 0 Å². The number of nitrogens with two attached hydrogens (primary N) is 1. The highest BCUT2D eigenvalue weighted by Crippen LogP contribution is 2.29. The van der Waals surface area contributed by atoms with Crippen LogP contribution in [0.3, 0.4) is 0 Å². The van der Waals surface area contributed by atoms with E-state index < -0.39 is 0 Å². The van der Waals surface area contributed by atoms with Crippen LogP contribution in [0.5, 0.6) is 0 Å². The van der Waals surface area contributed by atoms with Crippen LogP contribution >= 0.6 is 11.8 Å². The van der Waals surface area contributed by atoms with Crippen LogP contribution < -0.4 is 10.7 Å². The van der Waals surface area contributed by atoms with Crippen LogP contribution in [-0.4, -0.2) is 33.1 Å². The van der Waals surface area contributed by atoms with Crippen molar-refractivity contribution in [2.24, 2.45) is 5.92 Å². The predicted molar refractivity (Wildman–Crippen MR) is 108 cm³/mol. The number of nitrogens with zero attached hydrogens (tertiary/aromatic N) is 4. The van der Waals surface area contributed by atoms with Gasteiger partial charge in [0, 0.05) is 18.7 Å². The second-order valence-corrected chi connectivity index (χ2v) is 8.47. The Morgan fingerprint density at radius 1 is 1.19 bits per heavy atom. The molecule has 4 rings (SSSR count). The molecule has 1 aliphatic heterocycles. The highest BCUT2D eigenvalue weighted by Gasteiger charge is 2.24. The normalized spacial score (nSPS) is 17.3. The van der Waals surface area contributed by atoms with E-state index in [1.807, 2.05) is 23.1 Å². The molecule has 0 radical (unpaired) electrons. The Morgan fingerprint density at radius 2 is 2.00 bits per heavy atom. The second kappa shape index (κ2) is 8.33. The van der Waals surface area contributed by atoms with Gasteiger partial charge in [-0.15, -0.1) is 10.2 Å². The molecule has 0 spiro atoms. The van der Waals surface area contributed by atoms with Crippen LogP contribution in [-0.2, 0) is 17.6 Å². The summed E-state index contributed by atoms with van der Waals surface area (Å²) in [5, 5.41) is 9.08. The number of nitrogen functional groups attached to an aromatic ring is 1. The van der Waals surface area contributed by atoms with Crippen molar-refractivity contribution in [2.75, 3.05) is 23.0 Å². The smallest absolute Gasteiger partial charge is 0.237 e. The first-order valence-corrected chi connectivity index (χ1v) is 10.9. The fourth-order valence-electron chi connectivity index (χ4n) is 4.19. The van der Waals surface area contributed by atoms with Crippen molar-refractivity contribution >= 4 is 23.4 Å². The van der Waals surface area contributed by atoms with E-state index in [9.17, 15) is 4.79 Å². The van der Waals surface area contributed by atoms with Crippen LogP contribution in [0.2, 0.25) is 0 Å². The van der Waals surface area contributed by atoms with Crippen molar-refractivity contribution in [1.82, 2.24) is 14.9 Å². The molecule has 6 nitrogen and oxygen atoms in total. The van der Waals surface area contributed by atoms with Crippen LogP contribution in [0.15, 0.2) is 29.4 Å². The zero-order valence-electron chi connectivity index (χ0n) is 15.6. The molecule has 2 N–H and O–H groups in total.